The smallest absolute Gasteiger partial charge is 0.0488 e. The Morgan fingerprint density at radius 3 is 2.70 bits per heavy atom. The van der Waals surface area contributed by atoms with Gasteiger partial charge in [-0.15, -0.1) is 0 Å². The second-order valence-electron chi connectivity index (χ2n) is 6.06. The molecule has 104 valence electrons. The number of rotatable bonds is 2. The van der Waals surface area contributed by atoms with Crippen molar-refractivity contribution in [1.82, 2.24) is 0 Å². The van der Waals surface area contributed by atoms with Gasteiger partial charge in [-0.25, -0.2) is 0 Å². The van der Waals surface area contributed by atoms with Crippen LogP contribution < -0.4 is 4.90 Å². The third-order valence-electron chi connectivity index (χ3n) is 4.98. The Balaban J connectivity index is 2.28. The molecule has 0 N–H and O–H groups in total. The molecule has 2 atom stereocenters. The van der Waals surface area contributed by atoms with Gasteiger partial charge in [0, 0.05) is 29.6 Å². The summed E-state index contributed by atoms with van der Waals surface area (Å²) in [6, 6.07) is 13.8. The lowest BCUT2D eigenvalue weighted by Gasteiger charge is -2.29. The van der Waals surface area contributed by atoms with Crippen molar-refractivity contribution in [3.8, 4) is 0 Å². The van der Waals surface area contributed by atoms with Gasteiger partial charge in [-0.1, -0.05) is 55.5 Å². The minimum atomic E-state index is 0.101. The molecule has 0 saturated carbocycles. The Bertz CT molecular complexity index is 671. The molecule has 0 bridgehead atoms. The van der Waals surface area contributed by atoms with Crippen molar-refractivity contribution in [2.45, 2.75) is 38.6 Å². The van der Waals surface area contributed by atoms with E-state index in [1.54, 1.807) is 0 Å². The molecule has 2 unspecified atom stereocenters. The summed E-state index contributed by atoms with van der Waals surface area (Å²) in [5.41, 5.74) is 2.96. The molecule has 3 rings (SSSR count). The molecule has 0 aliphatic carbocycles. The van der Waals surface area contributed by atoms with E-state index in [0.29, 0.717) is 6.04 Å². The first-order valence-electron chi connectivity index (χ1n) is 7.52. The second-order valence-corrected chi connectivity index (χ2v) is 6.06. The lowest BCUT2D eigenvalue weighted by molar-refractivity contribution is 0.506. The Kier molecular flexibility index (Phi) is 3.08. The average molecular weight is 265 g/mol. The summed E-state index contributed by atoms with van der Waals surface area (Å²) in [7, 11) is 2.22. The molecular weight excluding hydrogens is 242 g/mol. The van der Waals surface area contributed by atoms with Gasteiger partial charge in [0.05, 0.1) is 0 Å². The highest BCUT2D eigenvalue weighted by molar-refractivity contribution is 5.98. The third-order valence-corrected chi connectivity index (χ3v) is 4.98. The predicted molar refractivity (Wildman–Crippen MR) is 88.6 cm³/mol. The fourth-order valence-corrected chi connectivity index (χ4v) is 3.48. The Morgan fingerprint density at radius 1 is 1.20 bits per heavy atom. The average Bonchev–Trinajstić information content (AvgIpc) is 2.68. The summed E-state index contributed by atoms with van der Waals surface area (Å²) in [4.78, 5) is 2.44. The Hall–Kier alpha value is -1.76. The Morgan fingerprint density at radius 2 is 1.95 bits per heavy atom. The van der Waals surface area contributed by atoms with E-state index in [1.807, 2.05) is 0 Å². The van der Waals surface area contributed by atoms with E-state index in [2.05, 4.69) is 81.3 Å². The van der Waals surface area contributed by atoms with Crippen LogP contribution in [0.3, 0.4) is 0 Å². The predicted octanol–water partition coefficient (Wildman–Crippen LogP) is 4.90. The summed E-state index contributed by atoms with van der Waals surface area (Å²) in [5, 5.41) is 2.70. The molecule has 1 aliphatic heterocycles. The summed E-state index contributed by atoms with van der Waals surface area (Å²) >= 11 is 0. The maximum atomic E-state index is 2.44. The first kappa shape index (κ1) is 13.2. The largest absolute Gasteiger partial charge is 0.370 e. The molecule has 1 nitrogen and oxygen atoms in total. The lowest BCUT2D eigenvalue weighted by atomic mass is 9.78. The van der Waals surface area contributed by atoms with Crippen LogP contribution in [0.15, 0.2) is 48.6 Å². The third kappa shape index (κ3) is 1.69. The van der Waals surface area contributed by atoms with Crippen molar-refractivity contribution < 1.29 is 0 Å². The molecule has 0 aromatic heterocycles. The van der Waals surface area contributed by atoms with E-state index in [4.69, 9.17) is 0 Å². The van der Waals surface area contributed by atoms with Gasteiger partial charge in [-0.2, -0.15) is 0 Å². The fraction of sp³-hybridized carbons (Fsp3) is 0.368. The van der Waals surface area contributed by atoms with Crippen molar-refractivity contribution in [2.24, 2.45) is 0 Å². The molecule has 0 fully saturated rings. The van der Waals surface area contributed by atoms with E-state index in [1.165, 1.54) is 22.0 Å². The summed E-state index contributed by atoms with van der Waals surface area (Å²) in [6.07, 6.45) is 5.79. The van der Waals surface area contributed by atoms with Gasteiger partial charge in [0.2, 0.25) is 0 Å². The maximum Gasteiger partial charge on any atom is 0.0488 e. The van der Waals surface area contributed by atoms with E-state index >= 15 is 0 Å². The molecular formula is C19H23N. The topological polar surface area (TPSA) is 3.24 Å². The normalized spacial score (nSPS) is 25.6. The maximum absolute atomic E-state index is 2.44. The van der Waals surface area contributed by atoms with Crippen molar-refractivity contribution in [1.29, 1.82) is 0 Å². The molecule has 0 amide bonds. The van der Waals surface area contributed by atoms with Gasteiger partial charge >= 0.3 is 0 Å². The lowest BCUT2D eigenvalue weighted by Crippen LogP contribution is -2.37. The van der Waals surface area contributed by atoms with Crippen LogP contribution in [0.1, 0.15) is 32.8 Å². The monoisotopic (exact) mass is 265 g/mol. The molecule has 1 aliphatic rings. The fourth-order valence-electron chi connectivity index (χ4n) is 3.48. The van der Waals surface area contributed by atoms with Crippen molar-refractivity contribution in [3.63, 3.8) is 0 Å². The second kappa shape index (κ2) is 4.66. The van der Waals surface area contributed by atoms with Gasteiger partial charge in [0.15, 0.2) is 0 Å². The van der Waals surface area contributed by atoms with Crippen LogP contribution in [0.4, 0.5) is 5.69 Å². The van der Waals surface area contributed by atoms with Crippen molar-refractivity contribution in [2.75, 3.05) is 11.9 Å². The molecule has 0 spiro atoms. The SMILES string of the molecule is CCC=CC1(C)c2ccc3ccccc3c2N(C)C1C. The standard InChI is InChI=1S/C19H23N/c1-5-6-13-19(3)14(2)20(4)18-16-10-8-7-9-15(16)11-12-17(18)19/h6-14H,5H2,1-4H3. The molecule has 0 saturated heterocycles. The van der Waals surface area contributed by atoms with E-state index in [0.717, 1.165) is 6.42 Å². The number of anilines is 1. The van der Waals surface area contributed by atoms with E-state index in [9.17, 15) is 0 Å². The van der Waals surface area contributed by atoms with Crippen LogP contribution in [-0.4, -0.2) is 13.1 Å². The van der Waals surface area contributed by atoms with Crippen LogP contribution in [-0.2, 0) is 5.41 Å². The number of allylic oxidation sites excluding steroid dienone is 1. The van der Waals surface area contributed by atoms with E-state index < -0.39 is 0 Å². The molecule has 2 aromatic carbocycles. The van der Waals surface area contributed by atoms with Crippen LogP contribution in [0, 0.1) is 0 Å². The zero-order valence-corrected chi connectivity index (χ0v) is 12.9. The summed E-state index contributed by atoms with van der Waals surface area (Å²) < 4.78 is 0. The molecule has 0 radical (unpaired) electrons. The first-order valence-corrected chi connectivity index (χ1v) is 7.52. The van der Waals surface area contributed by atoms with Gasteiger partial charge in [-0.05, 0) is 31.2 Å². The number of hydrogen-bond donors (Lipinski definition) is 0. The quantitative estimate of drug-likeness (QED) is 0.698. The first-order chi connectivity index (χ1) is 9.59. The van der Waals surface area contributed by atoms with Gasteiger partial charge in [0.25, 0.3) is 0 Å². The zero-order valence-electron chi connectivity index (χ0n) is 12.9. The van der Waals surface area contributed by atoms with E-state index in [-0.39, 0.29) is 5.41 Å². The minimum absolute atomic E-state index is 0.101. The van der Waals surface area contributed by atoms with Gasteiger partial charge in [-0.3, -0.25) is 0 Å². The molecule has 1 heteroatoms. The highest BCUT2D eigenvalue weighted by Crippen LogP contribution is 2.48. The molecule has 20 heavy (non-hydrogen) atoms. The van der Waals surface area contributed by atoms with Crippen molar-refractivity contribution >= 4 is 16.5 Å². The van der Waals surface area contributed by atoms with Crippen LogP contribution >= 0.6 is 0 Å². The van der Waals surface area contributed by atoms with Gasteiger partial charge in [0.1, 0.15) is 0 Å². The van der Waals surface area contributed by atoms with Gasteiger partial charge < -0.3 is 4.90 Å². The number of likely N-dealkylation sites (N-methyl/N-ethyl adjacent to an activating group) is 1. The highest BCUT2D eigenvalue weighted by atomic mass is 15.2. The molecule has 2 aromatic rings. The van der Waals surface area contributed by atoms with Crippen LogP contribution in [0.2, 0.25) is 0 Å². The summed E-state index contributed by atoms with van der Waals surface area (Å²) in [6.45, 7) is 6.89. The number of hydrogen-bond acceptors (Lipinski definition) is 1. The highest BCUT2D eigenvalue weighted by Gasteiger charge is 2.42. The number of fused-ring (bicyclic) bond motifs is 3. The van der Waals surface area contributed by atoms with Crippen LogP contribution in [0.5, 0.6) is 0 Å². The van der Waals surface area contributed by atoms with Crippen LogP contribution in [0.25, 0.3) is 10.8 Å². The minimum Gasteiger partial charge on any atom is -0.370 e. The number of benzene rings is 2. The zero-order chi connectivity index (χ0) is 14.3. The Labute approximate surface area is 121 Å². The number of nitrogens with zero attached hydrogens (tertiary/aromatic N) is 1. The van der Waals surface area contributed by atoms with Crippen molar-refractivity contribution in [3.05, 3.63) is 54.1 Å². The molecule has 1 heterocycles. The summed E-state index contributed by atoms with van der Waals surface area (Å²) in [5.74, 6) is 0.